The van der Waals surface area contributed by atoms with Gasteiger partial charge in [0.1, 0.15) is 6.10 Å². The first-order valence-corrected chi connectivity index (χ1v) is 10.4. The number of unbranched alkanes of at least 4 members (excludes halogenated alkanes) is 10. The second-order valence-corrected chi connectivity index (χ2v) is 6.62. The van der Waals surface area contributed by atoms with Crippen molar-refractivity contribution in [3.05, 3.63) is 48.8 Å². The Morgan fingerprint density at radius 2 is 1.15 bits per heavy atom. The predicted octanol–water partition coefficient (Wildman–Crippen LogP) is 5.85. The summed E-state index contributed by atoms with van der Waals surface area (Å²) in [4.78, 5) is 0. The van der Waals surface area contributed by atoms with Crippen LogP contribution in [-0.4, -0.2) is 29.5 Å². The molecule has 0 aromatic carbocycles. The molecule has 150 valence electrons. The Bertz CT molecular complexity index is 379. The van der Waals surface area contributed by atoms with Crippen LogP contribution in [0.4, 0.5) is 0 Å². The molecule has 0 saturated carbocycles. The van der Waals surface area contributed by atoms with E-state index in [1.807, 2.05) is 24.3 Å². The highest BCUT2D eigenvalue weighted by molar-refractivity contribution is 5.14. The molecule has 0 atom stereocenters. The summed E-state index contributed by atoms with van der Waals surface area (Å²) in [6.45, 7) is 1.90. The Hall–Kier alpha value is -1.32. The van der Waals surface area contributed by atoms with Crippen LogP contribution in [0.2, 0.25) is 0 Å². The number of aliphatic hydroxyl groups is 2. The van der Waals surface area contributed by atoms with Crippen molar-refractivity contribution in [1.82, 2.24) is 0 Å². The smallest absolute Gasteiger partial charge is 0.144 e. The average molecular weight is 365 g/mol. The van der Waals surface area contributed by atoms with Gasteiger partial charge in [-0.25, -0.2) is 0 Å². The fraction of sp³-hybridized carbons (Fsp3) is 0.652. The summed E-state index contributed by atoms with van der Waals surface area (Å²) in [6.07, 6.45) is 29.7. The minimum Gasteiger partial charge on any atom is -0.493 e. The molecular formula is C23H40O3. The molecule has 0 heterocycles. The third-order valence-corrected chi connectivity index (χ3v) is 4.17. The number of hydrogen-bond donors (Lipinski definition) is 2. The van der Waals surface area contributed by atoms with Gasteiger partial charge in [-0.15, -0.1) is 0 Å². The van der Waals surface area contributed by atoms with Crippen LogP contribution in [0.1, 0.15) is 77.6 Å². The van der Waals surface area contributed by atoms with Gasteiger partial charge in [0.2, 0.25) is 0 Å². The predicted molar refractivity (Wildman–Crippen MR) is 112 cm³/mol. The van der Waals surface area contributed by atoms with Crippen LogP contribution in [0.15, 0.2) is 48.8 Å². The Morgan fingerprint density at radius 1 is 0.654 bits per heavy atom. The van der Waals surface area contributed by atoms with Crippen LogP contribution in [0.3, 0.4) is 0 Å². The van der Waals surface area contributed by atoms with E-state index in [9.17, 15) is 0 Å². The van der Waals surface area contributed by atoms with Crippen LogP contribution < -0.4 is 0 Å². The van der Waals surface area contributed by atoms with Gasteiger partial charge < -0.3 is 14.9 Å². The second-order valence-electron chi connectivity index (χ2n) is 6.62. The van der Waals surface area contributed by atoms with Crippen molar-refractivity contribution in [2.75, 3.05) is 13.2 Å². The molecule has 0 saturated heterocycles. The highest BCUT2D eigenvalue weighted by Crippen LogP contribution is 2.11. The molecule has 0 radical (unpaired) electrons. The van der Waals surface area contributed by atoms with E-state index in [-0.39, 0.29) is 13.2 Å². The topological polar surface area (TPSA) is 49.7 Å². The zero-order valence-electron chi connectivity index (χ0n) is 16.7. The van der Waals surface area contributed by atoms with E-state index in [1.165, 1.54) is 70.5 Å². The van der Waals surface area contributed by atoms with E-state index in [0.29, 0.717) is 0 Å². The molecular weight excluding hydrogens is 324 g/mol. The van der Waals surface area contributed by atoms with Crippen LogP contribution >= 0.6 is 0 Å². The van der Waals surface area contributed by atoms with Crippen molar-refractivity contribution in [1.29, 1.82) is 0 Å². The average Bonchev–Trinajstić information content (AvgIpc) is 2.66. The Kier molecular flexibility index (Phi) is 20.6. The maximum Gasteiger partial charge on any atom is 0.144 e. The van der Waals surface area contributed by atoms with Gasteiger partial charge in [0.15, 0.2) is 0 Å². The normalized spacial score (nSPS) is 12.6. The van der Waals surface area contributed by atoms with Crippen LogP contribution in [0.25, 0.3) is 0 Å². The number of ether oxygens (including phenoxy) is 1. The SMILES string of the molecule is CCCCCCCCCCCC\C=C/C=C\C=C\C=C\OC(CO)CO. The number of allylic oxidation sites excluding steroid dienone is 7. The lowest BCUT2D eigenvalue weighted by atomic mass is 10.1. The summed E-state index contributed by atoms with van der Waals surface area (Å²) >= 11 is 0. The van der Waals surface area contributed by atoms with Gasteiger partial charge in [-0.05, 0) is 18.9 Å². The van der Waals surface area contributed by atoms with Gasteiger partial charge in [0, 0.05) is 0 Å². The molecule has 0 amide bonds. The fourth-order valence-electron chi connectivity index (χ4n) is 2.53. The molecule has 0 aromatic rings. The maximum atomic E-state index is 8.82. The summed E-state index contributed by atoms with van der Waals surface area (Å²) < 4.78 is 5.10. The first kappa shape index (κ1) is 24.7. The lowest BCUT2D eigenvalue weighted by molar-refractivity contribution is 0.0323. The number of rotatable bonds is 18. The van der Waals surface area contributed by atoms with E-state index in [2.05, 4.69) is 19.1 Å². The van der Waals surface area contributed by atoms with Gasteiger partial charge in [-0.3, -0.25) is 0 Å². The standard InChI is InChI=1S/C23H40O3/c1-2-3-4-5-6-7-8-9-10-11-12-13-14-15-16-17-18-19-20-26-23(21-24)22-25/h13-20,23-25H,2-12,21-22H2,1H3/b14-13-,16-15-,18-17+,20-19+. The Morgan fingerprint density at radius 3 is 1.73 bits per heavy atom. The molecule has 3 heteroatoms. The highest BCUT2D eigenvalue weighted by Gasteiger charge is 2.01. The minimum atomic E-state index is -0.538. The van der Waals surface area contributed by atoms with Gasteiger partial charge in [-0.1, -0.05) is 101 Å². The van der Waals surface area contributed by atoms with Crippen molar-refractivity contribution >= 4 is 0 Å². The molecule has 2 N–H and O–H groups in total. The zero-order valence-corrected chi connectivity index (χ0v) is 16.7. The van der Waals surface area contributed by atoms with E-state index in [4.69, 9.17) is 14.9 Å². The lowest BCUT2D eigenvalue weighted by Gasteiger charge is -2.08. The molecule has 0 fully saturated rings. The molecule has 3 nitrogen and oxygen atoms in total. The Labute approximate surface area is 161 Å². The number of hydrogen-bond acceptors (Lipinski definition) is 3. The van der Waals surface area contributed by atoms with Crippen molar-refractivity contribution in [2.24, 2.45) is 0 Å². The molecule has 0 aromatic heterocycles. The molecule has 26 heavy (non-hydrogen) atoms. The van der Waals surface area contributed by atoms with Crippen molar-refractivity contribution in [2.45, 2.75) is 83.7 Å². The van der Waals surface area contributed by atoms with Gasteiger partial charge >= 0.3 is 0 Å². The second kappa shape index (κ2) is 21.7. The van der Waals surface area contributed by atoms with E-state index < -0.39 is 6.10 Å². The monoisotopic (exact) mass is 364 g/mol. The zero-order chi connectivity index (χ0) is 19.1. The summed E-state index contributed by atoms with van der Waals surface area (Å²) in [7, 11) is 0. The number of aliphatic hydroxyl groups excluding tert-OH is 2. The summed E-state index contributed by atoms with van der Waals surface area (Å²) in [5.41, 5.74) is 0. The van der Waals surface area contributed by atoms with E-state index in [0.717, 1.165) is 6.42 Å². The van der Waals surface area contributed by atoms with Crippen LogP contribution in [-0.2, 0) is 4.74 Å². The van der Waals surface area contributed by atoms with E-state index >= 15 is 0 Å². The molecule has 0 aliphatic rings. The largest absolute Gasteiger partial charge is 0.493 e. The summed E-state index contributed by atoms with van der Waals surface area (Å²) in [5.74, 6) is 0. The van der Waals surface area contributed by atoms with Gasteiger partial charge in [0.05, 0.1) is 19.5 Å². The lowest BCUT2D eigenvalue weighted by Crippen LogP contribution is -2.19. The molecule has 0 rings (SSSR count). The maximum absolute atomic E-state index is 8.82. The molecule has 0 aliphatic carbocycles. The van der Waals surface area contributed by atoms with Crippen molar-refractivity contribution in [3.63, 3.8) is 0 Å². The van der Waals surface area contributed by atoms with Crippen molar-refractivity contribution in [3.8, 4) is 0 Å². The van der Waals surface area contributed by atoms with Crippen molar-refractivity contribution < 1.29 is 14.9 Å². The quantitative estimate of drug-likeness (QED) is 0.182. The molecule has 0 spiro atoms. The molecule has 0 bridgehead atoms. The van der Waals surface area contributed by atoms with Gasteiger partial charge in [-0.2, -0.15) is 0 Å². The van der Waals surface area contributed by atoms with Gasteiger partial charge in [0.25, 0.3) is 0 Å². The van der Waals surface area contributed by atoms with Crippen LogP contribution in [0.5, 0.6) is 0 Å². The summed E-state index contributed by atoms with van der Waals surface area (Å²) in [5, 5.41) is 17.6. The first-order valence-electron chi connectivity index (χ1n) is 10.4. The summed E-state index contributed by atoms with van der Waals surface area (Å²) in [6, 6.07) is 0. The Balaban J connectivity index is 3.42. The van der Waals surface area contributed by atoms with E-state index in [1.54, 1.807) is 6.08 Å². The highest BCUT2D eigenvalue weighted by atomic mass is 16.5. The third kappa shape index (κ3) is 19.0. The molecule has 0 unspecified atom stereocenters. The fourth-order valence-corrected chi connectivity index (χ4v) is 2.53. The van der Waals surface area contributed by atoms with Crippen LogP contribution in [0, 0.1) is 0 Å². The minimum absolute atomic E-state index is 0.186. The molecule has 0 aliphatic heterocycles. The third-order valence-electron chi connectivity index (χ3n) is 4.17. The first-order chi connectivity index (χ1) is 12.8.